The Labute approximate surface area is 198 Å². The fourth-order valence-electron chi connectivity index (χ4n) is 4.66. The van der Waals surface area contributed by atoms with E-state index < -0.39 is 0 Å². The molecule has 2 N–H and O–H groups in total. The number of aromatic amines is 1. The molecule has 8 heteroatoms. The Hall–Kier alpha value is -3.52. The number of carbonyl (C=O) groups is 1. The molecule has 176 valence electrons. The van der Waals surface area contributed by atoms with Gasteiger partial charge in [0, 0.05) is 31.3 Å². The molecular weight excluding hydrogens is 428 g/mol. The first-order chi connectivity index (χ1) is 16.4. The number of fused-ring (bicyclic) bond motifs is 2. The number of piperidine rings is 1. The molecule has 1 aromatic carbocycles. The van der Waals surface area contributed by atoms with Crippen molar-refractivity contribution in [2.75, 3.05) is 13.1 Å². The Morgan fingerprint density at radius 2 is 1.97 bits per heavy atom. The minimum atomic E-state index is -0.296. The zero-order valence-corrected chi connectivity index (χ0v) is 19.9. The summed E-state index contributed by atoms with van der Waals surface area (Å²) < 4.78 is 2.20. The van der Waals surface area contributed by atoms with E-state index in [-0.39, 0.29) is 12.0 Å². The van der Waals surface area contributed by atoms with Gasteiger partial charge in [-0.2, -0.15) is 0 Å². The maximum atomic E-state index is 12.4. The van der Waals surface area contributed by atoms with Crippen molar-refractivity contribution in [1.82, 2.24) is 29.4 Å². The maximum Gasteiger partial charge on any atom is 0.246 e. The van der Waals surface area contributed by atoms with E-state index in [2.05, 4.69) is 46.6 Å². The SMILES string of the molecule is CCc1nc2c(C)cc(C)nc2n1Cc1ccc2nc(/C=C/C(=O)N3CCC(O)CC3)[nH]c2c1. The van der Waals surface area contributed by atoms with Crippen LogP contribution in [0.3, 0.4) is 0 Å². The van der Waals surface area contributed by atoms with Crippen LogP contribution in [0.1, 0.15) is 48.2 Å². The van der Waals surface area contributed by atoms with Crippen molar-refractivity contribution < 1.29 is 9.90 Å². The fraction of sp³-hybridized carbons (Fsp3) is 0.385. The highest BCUT2D eigenvalue weighted by Crippen LogP contribution is 2.22. The number of H-pyrrole nitrogens is 1. The molecule has 1 aliphatic rings. The van der Waals surface area contributed by atoms with E-state index in [1.165, 1.54) is 0 Å². The molecule has 4 heterocycles. The van der Waals surface area contributed by atoms with Gasteiger partial charge in [-0.1, -0.05) is 13.0 Å². The molecule has 34 heavy (non-hydrogen) atoms. The Morgan fingerprint density at radius 1 is 1.18 bits per heavy atom. The van der Waals surface area contributed by atoms with Gasteiger partial charge in [-0.3, -0.25) is 4.79 Å². The largest absolute Gasteiger partial charge is 0.393 e. The minimum absolute atomic E-state index is 0.0507. The quantitative estimate of drug-likeness (QED) is 0.446. The van der Waals surface area contributed by atoms with Crippen molar-refractivity contribution in [3.63, 3.8) is 0 Å². The molecule has 0 unspecified atom stereocenters. The highest BCUT2D eigenvalue weighted by molar-refractivity contribution is 5.92. The Bertz CT molecular complexity index is 1390. The number of carbonyl (C=O) groups excluding carboxylic acids is 1. The van der Waals surface area contributed by atoms with Crippen LogP contribution in [0.5, 0.6) is 0 Å². The van der Waals surface area contributed by atoms with Crippen LogP contribution in [0.4, 0.5) is 0 Å². The van der Waals surface area contributed by atoms with Crippen molar-refractivity contribution in [1.29, 1.82) is 0 Å². The molecule has 0 saturated carbocycles. The van der Waals surface area contributed by atoms with Crippen molar-refractivity contribution in [2.24, 2.45) is 0 Å². The molecule has 0 atom stereocenters. The van der Waals surface area contributed by atoms with Gasteiger partial charge in [0.05, 0.1) is 23.7 Å². The van der Waals surface area contributed by atoms with E-state index in [0.29, 0.717) is 38.3 Å². The predicted octanol–water partition coefficient (Wildman–Crippen LogP) is 3.53. The van der Waals surface area contributed by atoms with Crippen molar-refractivity contribution in [2.45, 2.75) is 52.7 Å². The van der Waals surface area contributed by atoms with Crippen molar-refractivity contribution >= 4 is 34.2 Å². The molecule has 4 aromatic rings. The predicted molar refractivity (Wildman–Crippen MR) is 132 cm³/mol. The average Bonchev–Trinajstić information content (AvgIpc) is 3.39. The lowest BCUT2D eigenvalue weighted by Gasteiger charge is -2.28. The number of hydrogen-bond acceptors (Lipinski definition) is 5. The lowest BCUT2D eigenvalue weighted by molar-refractivity contribution is -0.127. The van der Waals surface area contributed by atoms with Gasteiger partial charge in [0.15, 0.2) is 5.65 Å². The van der Waals surface area contributed by atoms with E-state index in [1.54, 1.807) is 17.1 Å². The summed E-state index contributed by atoms with van der Waals surface area (Å²) >= 11 is 0. The number of aryl methyl sites for hydroxylation is 3. The van der Waals surface area contributed by atoms with Crippen LogP contribution in [0.25, 0.3) is 28.3 Å². The number of nitrogens with zero attached hydrogens (tertiary/aromatic N) is 5. The highest BCUT2D eigenvalue weighted by atomic mass is 16.3. The molecule has 5 rings (SSSR count). The number of pyridine rings is 1. The first kappa shape index (κ1) is 22.3. The van der Waals surface area contributed by atoms with Gasteiger partial charge < -0.3 is 19.6 Å². The van der Waals surface area contributed by atoms with Gasteiger partial charge in [-0.25, -0.2) is 15.0 Å². The van der Waals surface area contributed by atoms with Gasteiger partial charge in [0.2, 0.25) is 5.91 Å². The number of likely N-dealkylation sites (tertiary alicyclic amines) is 1. The van der Waals surface area contributed by atoms with Gasteiger partial charge >= 0.3 is 0 Å². The maximum absolute atomic E-state index is 12.4. The topological polar surface area (TPSA) is 99.9 Å². The number of aliphatic hydroxyl groups excluding tert-OH is 1. The number of aliphatic hydroxyl groups is 1. The van der Waals surface area contributed by atoms with Crippen LogP contribution in [-0.2, 0) is 17.8 Å². The number of rotatable bonds is 5. The molecule has 1 saturated heterocycles. The van der Waals surface area contributed by atoms with Gasteiger partial charge in [0.1, 0.15) is 17.2 Å². The van der Waals surface area contributed by atoms with E-state index in [4.69, 9.17) is 9.97 Å². The monoisotopic (exact) mass is 458 g/mol. The van der Waals surface area contributed by atoms with Crippen molar-refractivity contribution in [3.05, 3.63) is 58.8 Å². The van der Waals surface area contributed by atoms with Gasteiger partial charge in [0.25, 0.3) is 0 Å². The number of nitrogens with one attached hydrogen (secondary N) is 1. The lowest BCUT2D eigenvalue weighted by Crippen LogP contribution is -2.39. The summed E-state index contributed by atoms with van der Waals surface area (Å²) in [7, 11) is 0. The van der Waals surface area contributed by atoms with E-state index >= 15 is 0 Å². The Kier molecular flexibility index (Phi) is 5.91. The summed E-state index contributed by atoms with van der Waals surface area (Å²) in [4.78, 5) is 31.7. The third-order valence-corrected chi connectivity index (χ3v) is 6.48. The number of imidazole rings is 2. The second-order valence-corrected chi connectivity index (χ2v) is 9.08. The average molecular weight is 459 g/mol. The number of aromatic nitrogens is 5. The summed E-state index contributed by atoms with van der Waals surface area (Å²) in [5, 5.41) is 9.63. The molecule has 3 aromatic heterocycles. The van der Waals surface area contributed by atoms with Crippen LogP contribution in [0, 0.1) is 13.8 Å². The van der Waals surface area contributed by atoms with Crippen LogP contribution in [0.15, 0.2) is 30.3 Å². The molecule has 1 fully saturated rings. The van der Waals surface area contributed by atoms with E-state index in [1.807, 2.05) is 13.0 Å². The smallest absolute Gasteiger partial charge is 0.246 e. The summed E-state index contributed by atoms with van der Waals surface area (Å²) in [6, 6.07) is 8.25. The molecular formula is C26H30N6O2. The van der Waals surface area contributed by atoms with Gasteiger partial charge in [-0.05, 0) is 62.1 Å². The van der Waals surface area contributed by atoms with E-state index in [9.17, 15) is 9.90 Å². The third-order valence-electron chi connectivity index (χ3n) is 6.48. The first-order valence-corrected chi connectivity index (χ1v) is 11.9. The summed E-state index contributed by atoms with van der Waals surface area (Å²) in [5.74, 6) is 1.62. The summed E-state index contributed by atoms with van der Waals surface area (Å²) in [6.07, 6.45) is 5.08. The molecule has 0 bridgehead atoms. The molecule has 0 aliphatic carbocycles. The Balaban J connectivity index is 1.38. The number of hydrogen-bond donors (Lipinski definition) is 2. The number of benzene rings is 1. The van der Waals surface area contributed by atoms with Crippen molar-refractivity contribution in [3.8, 4) is 0 Å². The van der Waals surface area contributed by atoms with Crippen LogP contribution in [0.2, 0.25) is 0 Å². The molecule has 0 spiro atoms. The minimum Gasteiger partial charge on any atom is -0.393 e. The standard InChI is InChI=1S/C26H30N6O2/c1-4-23-30-25-16(2)13-17(3)27-26(25)32(23)15-18-5-6-20-21(14-18)29-22(28-20)7-8-24(34)31-11-9-19(33)10-12-31/h5-8,13-14,19,33H,4,9-12,15H2,1-3H3,(H,28,29)/b8-7+. The second kappa shape index (κ2) is 9.02. The van der Waals surface area contributed by atoms with E-state index in [0.717, 1.165) is 51.3 Å². The van der Waals surface area contributed by atoms with Crippen LogP contribution < -0.4 is 0 Å². The first-order valence-electron chi connectivity index (χ1n) is 11.9. The second-order valence-electron chi connectivity index (χ2n) is 9.08. The van der Waals surface area contributed by atoms with Crippen LogP contribution >= 0.6 is 0 Å². The molecule has 1 amide bonds. The molecule has 1 aliphatic heterocycles. The zero-order valence-electron chi connectivity index (χ0n) is 19.9. The normalized spacial score (nSPS) is 15.2. The fourth-order valence-corrected chi connectivity index (χ4v) is 4.66. The Morgan fingerprint density at radius 3 is 2.74 bits per heavy atom. The highest BCUT2D eigenvalue weighted by Gasteiger charge is 2.19. The lowest BCUT2D eigenvalue weighted by atomic mass is 10.1. The molecule has 8 nitrogen and oxygen atoms in total. The third kappa shape index (κ3) is 4.33. The van der Waals surface area contributed by atoms with Gasteiger partial charge in [-0.15, -0.1) is 0 Å². The zero-order chi connectivity index (χ0) is 23.8. The number of amides is 1. The van der Waals surface area contributed by atoms with Crippen LogP contribution in [-0.4, -0.2) is 59.6 Å². The molecule has 0 radical (unpaired) electrons. The summed E-state index contributed by atoms with van der Waals surface area (Å²) in [5.41, 5.74) is 6.93. The summed E-state index contributed by atoms with van der Waals surface area (Å²) in [6.45, 7) is 8.06.